The number of piperidine rings is 3. The number of hydrogen-bond donors (Lipinski definition) is 1. The minimum atomic E-state index is -0.507. The van der Waals surface area contributed by atoms with E-state index in [1.165, 1.54) is 12.8 Å². The number of carbonyl (C=O) groups is 2. The summed E-state index contributed by atoms with van der Waals surface area (Å²) in [5, 5.41) is 9.88. The molecule has 1 aliphatic carbocycles. The minimum absolute atomic E-state index is 0.0396. The number of nitrogens with zero attached hydrogens (tertiary/aromatic N) is 2. The molecule has 3 aliphatic heterocycles. The number of esters is 1. The van der Waals surface area contributed by atoms with E-state index in [1.807, 2.05) is 30.3 Å². The zero-order chi connectivity index (χ0) is 24.6. The molecule has 2 aromatic heterocycles. The van der Waals surface area contributed by atoms with Crippen LogP contribution in [0.5, 0.6) is 0 Å². The van der Waals surface area contributed by atoms with Crippen molar-refractivity contribution in [3.05, 3.63) is 46.7 Å². The fraction of sp³-hybridized carbons (Fsp3) is 0.536. The first kappa shape index (κ1) is 23.7. The summed E-state index contributed by atoms with van der Waals surface area (Å²) in [7, 11) is 0. The van der Waals surface area contributed by atoms with Crippen molar-refractivity contribution >= 4 is 40.0 Å². The van der Waals surface area contributed by atoms with Gasteiger partial charge in [0.1, 0.15) is 12.0 Å². The maximum Gasteiger partial charge on any atom is 0.317 e. The van der Waals surface area contributed by atoms with Gasteiger partial charge in [0.25, 0.3) is 5.91 Å². The van der Waals surface area contributed by atoms with Crippen LogP contribution in [-0.4, -0.2) is 53.8 Å². The van der Waals surface area contributed by atoms with Crippen LogP contribution in [0.1, 0.15) is 56.2 Å². The molecule has 4 fully saturated rings. The van der Waals surface area contributed by atoms with Crippen LogP contribution in [0, 0.1) is 5.92 Å². The second-order valence-electron chi connectivity index (χ2n) is 11.0. The van der Waals surface area contributed by atoms with Crippen molar-refractivity contribution in [1.82, 2.24) is 5.16 Å². The highest BCUT2D eigenvalue weighted by Gasteiger charge is 2.51. The van der Waals surface area contributed by atoms with Crippen molar-refractivity contribution < 1.29 is 23.3 Å². The van der Waals surface area contributed by atoms with E-state index in [1.54, 1.807) is 11.3 Å². The first-order valence-electron chi connectivity index (χ1n) is 13.3. The van der Waals surface area contributed by atoms with Gasteiger partial charge < -0.3 is 19.1 Å². The van der Waals surface area contributed by atoms with E-state index in [0.29, 0.717) is 34.9 Å². The molecule has 2 bridgehead atoms. The Morgan fingerprint density at radius 3 is 2.61 bits per heavy atom. The lowest BCUT2D eigenvalue weighted by Gasteiger charge is -2.51. The second-order valence-corrected chi connectivity index (χ2v) is 11.9. The Labute approximate surface area is 215 Å². The Morgan fingerprint density at radius 1 is 1.08 bits per heavy atom. The van der Waals surface area contributed by atoms with Crippen LogP contribution in [0.25, 0.3) is 11.0 Å². The largest absolute Gasteiger partial charge is 0.455 e. The minimum Gasteiger partial charge on any atom is -0.455 e. The van der Waals surface area contributed by atoms with Crippen LogP contribution in [0.2, 0.25) is 0 Å². The number of quaternary nitrogens is 1. The van der Waals surface area contributed by atoms with Crippen LogP contribution >= 0.6 is 11.3 Å². The van der Waals surface area contributed by atoms with Crippen molar-refractivity contribution in [2.75, 3.05) is 31.5 Å². The number of rotatable bonds is 6. The topological polar surface area (TPSA) is 81.4 Å². The van der Waals surface area contributed by atoms with Gasteiger partial charge in [-0.25, -0.2) is 0 Å². The molecule has 1 atom stereocenters. The van der Waals surface area contributed by atoms with E-state index < -0.39 is 5.41 Å². The Morgan fingerprint density at radius 2 is 1.86 bits per heavy atom. The molecule has 4 aliphatic rings. The SMILES string of the molecule is O=C(C[N+]12CCC(CC1)[C@@H](OC(=O)C1(c3cccs3)CCCCCC1)C2)Nc1noc2ccccc12. The average molecular weight is 509 g/mol. The molecule has 7 nitrogen and oxygen atoms in total. The smallest absolute Gasteiger partial charge is 0.317 e. The van der Waals surface area contributed by atoms with Crippen LogP contribution in [0.3, 0.4) is 0 Å². The van der Waals surface area contributed by atoms with Gasteiger partial charge in [-0.1, -0.05) is 49.0 Å². The molecule has 0 spiro atoms. The van der Waals surface area contributed by atoms with E-state index >= 15 is 0 Å². The molecular formula is C28H34N3O4S+. The van der Waals surface area contributed by atoms with Crippen molar-refractivity contribution in [2.45, 2.75) is 62.9 Å². The maximum absolute atomic E-state index is 13.9. The Balaban J connectivity index is 1.16. The van der Waals surface area contributed by atoms with E-state index in [0.717, 1.165) is 61.9 Å². The summed E-state index contributed by atoms with van der Waals surface area (Å²) in [6.45, 7) is 2.96. The summed E-state index contributed by atoms with van der Waals surface area (Å²) in [4.78, 5) is 28.1. The Bertz CT molecular complexity index is 1220. The zero-order valence-electron chi connectivity index (χ0n) is 20.6. The number of hydrogen-bond acceptors (Lipinski definition) is 6. The Kier molecular flexibility index (Phi) is 6.33. The van der Waals surface area contributed by atoms with Gasteiger partial charge in [0.2, 0.25) is 0 Å². The lowest BCUT2D eigenvalue weighted by molar-refractivity contribution is -0.939. The number of benzene rings is 1. The first-order valence-corrected chi connectivity index (χ1v) is 14.2. The monoisotopic (exact) mass is 508 g/mol. The van der Waals surface area contributed by atoms with Gasteiger partial charge in [0, 0.05) is 23.6 Å². The van der Waals surface area contributed by atoms with E-state index in [-0.39, 0.29) is 18.0 Å². The number of carbonyl (C=O) groups excluding carboxylic acids is 2. The summed E-state index contributed by atoms with van der Waals surface area (Å²) < 4.78 is 12.4. The summed E-state index contributed by atoms with van der Waals surface area (Å²) in [6, 6.07) is 11.7. The van der Waals surface area contributed by atoms with E-state index in [2.05, 4.69) is 21.9 Å². The molecule has 1 aromatic carbocycles. The predicted molar refractivity (Wildman–Crippen MR) is 139 cm³/mol. The summed E-state index contributed by atoms with van der Waals surface area (Å²) in [5.41, 5.74) is 0.149. The third kappa shape index (κ3) is 4.34. The lowest BCUT2D eigenvalue weighted by Crippen LogP contribution is -2.66. The molecule has 1 saturated carbocycles. The van der Waals surface area contributed by atoms with Crippen molar-refractivity contribution in [1.29, 1.82) is 0 Å². The molecule has 7 rings (SSSR count). The number of amides is 1. The molecule has 190 valence electrons. The molecule has 3 aromatic rings. The molecular weight excluding hydrogens is 474 g/mol. The molecule has 5 heterocycles. The van der Waals surface area contributed by atoms with Crippen LogP contribution in [-0.2, 0) is 19.7 Å². The van der Waals surface area contributed by atoms with Crippen molar-refractivity contribution in [2.24, 2.45) is 5.92 Å². The standard InChI is InChI=1S/C28H33N3O4S/c32-25(29-26-21-8-3-4-9-22(21)35-30-26)19-31-15-11-20(12-16-31)23(18-31)34-27(33)28(24-10-7-17-36-24)13-5-1-2-6-14-28/h3-4,7-10,17,20,23H,1-2,5-6,11-16,18-19H2/p+1/t20?,23-,31?/m0/s1. The summed E-state index contributed by atoms with van der Waals surface area (Å²) >= 11 is 1.68. The van der Waals surface area contributed by atoms with Gasteiger partial charge in [-0.15, -0.1) is 11.3 Å². The van der Waals surface area contributed by atoms with Crippen molar-refractivity contribution in [3.63, 3.8) is 0 Å². The van der Waals surface area contributed by atoms with Gasteiger partial charge in [-0.2, -0.15) is 0 Å². The number of fused-ring (bicyclic) bond motifs is 4. The third-order valence-electron chi connectivity index (χ3n) is 8.75. The van der Waals surface area contributed by atoms with Gasteiger partial charge in [0.05, 0.1) is 18.5 Å². The fourth-order valence-corrected chi connectivity index (χ4v) is 7.69. The lowest BCUT2D eigenvalue weighted by atomic mass is 9.78. The molecule has 1 N–H and O–H groups in total. The second kappa shape index (κ2) is 9.63. The molecule has 0 radical (unpaired) electrons. The van der Waals surface area contributed by atoms with Gasteiger partial charge in [-0.3, -0.25) is 9.59 Å². The highest BCUT2D eigenvalue weighted by Crippen LogP contribution is 2.43. The Hall–Kier alpha value is -2.71. The number of aromatic nitrogens is 1. The van der Waals surface area contributed by atoms with Crippen LogP contribution in [0.4, 0.5) is 5.82 Å². The molecule has 1 amide bonds. The normalized spacial score (nSPS) is 27.4. The number of thiophene rings is 1. The number of para-hydroxylation sites is 1. The van der Waals surface area contributed by atoms with Gasteiger partial charge in [-0.05, 0) is 36.4 Å². The number of ether oxygens (including phenoxy) is 1. The quantitative estimate of drug-likeness (QED) is 0.279. The van der Waals surface area contributed by atoms with E-state index in [9.17, 15) is 9.59 Å². The van der Waals surface area contributed by atoms with Crippen LogP contribution in [0.15, 0.2) is 46.3 Å². The predicted octanol–water partition coefficient (Wildman–Crippen LogP) is 5.27. The summed E-state index contributed by atoms with van der Waals surface area (Å²) in [6.07, 6.45) is 8.10. The van der Waals surface area contributed by atoms with Crippen molar-refractivity contribution in [3.8, 4) is 0 Å². The summed E-state index contributed by atoms with van der Waals surface area (Å²) in [5.74, 6) is 0.748. The average Bonchev–Trinajstić information content (AvgIpc) is 3.50. The number of nitrogens with one attached hydrogen (secondary N) is 1. The first-order chi connectivity index (χ1) is 17.6. The molecule has 36 heavy (non-hydrogen) atoms. The van der Waals surface area contributed by atoms with Gasteiger partial charge in [0.15, 0.2) is 24.0 Å². The highest BCUT2D eigenvalue weighted by atomic mass is 32.1. The fourth-order valence-electron chi connectivity index (χ4n) is 6.71. The zero-order valence-corrected chi connectivity index (χ0v) is 21.4. The molecule has 8 heteroatoms. The maximum atomic E-state index is 13.9. The van der Waals surface area contributed by atoms with Crippen LogP contribution < -0.4 is 5.32 Å². The molecule has 0 unspecified atom stereocenters. The molecule has 3 saturated heterocycles. The third-order valence-corrected chi connectivity index (χ3v) is 9.83. The van der Waals surface area contributed by atoms with E-state index in [4.69, 9.17) is 9.26 Å². The number of anilines is 1. The van der Waals surface area contributed by atoms with Gasteiger partial charge >= 0.3 is 5.97 Å². The highest BCUT2D eigenvalue weighted by molar-refractivity contribution is 7.10.